The van der Waals surface area contributed by atoms with Crippen LogP contribution in [0.25, 0.3) is 10.6 Å². The van der Waals surface area contributed by atoms with E-state index in [0.717, 1.165) is 27.3 Å². The van der Waals surface area contributed by atoms with Crippen molar-refractivity contribution < 1.29 is 4.39 Å². The van der Waals surface area contributed by atoms with Crippen molar-refractivity contribution in [3.8, 4) is 10.6 Å². The van der Waals surface area contributed by atoms with Crippen molar-refractivity contribution in [2.45, 2.75) is 46.2 Å². The van der Waals surface area contributed by atoms with Gasteiger partial charge in [0.25, 0.3) is 0 Å². The van der Waals surface area contributed by atoms with Crippen LogP contribution in [0.2, 0.25) is 0 Å². The first-order valence-electron chi connectivity index (χ1n) is 7.07. The molecule has 2 rings (SSSR count). The summed E-state index contributed by atoms with van der Waals surface area (Å²) in [6, 6.07) is 5.18. The largest absolute Gasteiger partial charge is 0.310 e. The van der Waals surface area contributed by atoms with Crippen LogP contribution in [0.1, 0.15) is 44.2 Å². The third-order valence-electron chi connectivity index (χ3n) is 3.11. The van der Waals surface area contributed by atoms with E-state index < -0.39 is 0 Å². The number of hydrogen-bond acceptors (Lipinski definition) is 3. The number of benzene rings is 1. The van der Waals surface area contributed by atoms with E-state index in [1.807, 2.05) is 0 Å². The Kier molecular flexibility index (Phi) is 5.52. The van der Waals surface area contributed by atoms with E-state index >= 15 is 0 Å². The molecule has 0 saturated carbocycles. The molecule has 0 amide bonds. The summed E-state index contributed by atoms with van der Waals surface area (Å²) in [6.07, 6.45) is 0. The van der Waals surface area contributed by atoms with Crippen molar-refractivity contribution in [3.05, 3.63) is 39.1 Å². The van der Waals surface area contributed by atoms with Gasteiger partial charge in [-0.1, -0.05) is 27.7 Å². The third kappa shape index (κ3) is 4.11. The Bertz CT molecular complexity index is 623. The van der Waals surface area contributed by atoms with Gasteiger partial charge >= 0.3 is 0 Å². The SMILES string of the molecule is CC(C)NCc1sc(-c2ccc(F)cc2Br)nc1C(C)C. The van der Waals surface area contributed by atoms with Gasteiger partial charge in [0, 0.05) is 27.5 Å². The van der Waals surface area contributed by atoms with Gasteiger partial charge in [-0.25, -0.2) is 9.37 Å². The van der Waals surface area contributed by atoms with E-state index in [1.54, 1.807) is 17.4 Å². The second-order valence-corrected chi connectivity index (χ2v) is 7.58. The molecule has 2 nitrogen and oxygen atoms in total. The highest BCUT2D eigenvalue weighted by atomic mass is 79.9. The lowest BCUT2D eigenvalue weighted by molar-refractivity contribution is 0.588. The predicted octanol–water partition coefficient (Wildman–Crippen LogP) is 5.33. The van der Waals surface area contributed by atoms with E-state index in [0.29, 0.717) is 12.0 Å². The first kappa shape index (κ1) is 16.6. The van der Waals surface area contributed by atoms with E-state index in [1.165, 1.54) is 17.0 Å². The first-order valence-corrected chi connectivity index (χ1v) is 8.67. The van der Waals surface area contributed by atoms with E-state index in [9.17, 15) is 4.39 Å². The van der Waals surface area contributed by atoms with Crippen LogP contribution in [-0.2, 0) is 6.54 Å². The Morgan fingerprint density at radius 1 is 1.29 bits per heavy atom. The van der Waals surface area contributed by atoms with Crippen LogP contribution in [0.5, 0.6) is 0 Å². The number of hydrogen-bond donors (Lipinski definition) is 1. The van der Waals surface area contributed by atoms with Gasteiger partial charge in [0.1, 0.15) is 10.8 Å². The van der Waals surface area contributed by atoms with Gasteiger partial charge in [0.15, 0.2) is 0 Å². The summed E-state index contributed by atoms with van der Waals surface area (Å²) in [5, 5.41) is 4.38. The second-order valence-electron chi connectivity index (χ2n) is 5.64. The van der Waals surface area contributed by atoms with Gasteiger partial charge in [-0.15, -0.1) is 11.3 Å². The fraction of sp³-hybridized carbons (Fsp3) is 0.438. The Hall–Kier alpha value is -0.780. The lowest BCUT2D eigenvalue weighted by Gasteiger charge is -2.09. The fourth-order valence-corrected chi connectivity index (χ4v) is 3.89. The van der Waals surface area contributed by atoms with Crippen LogP contribution in [0.15, 0.2) is 22.7 Å². The minimum absolute atomic E-state index is 0.243. The van der Waals surface area contributed by atoms with Crippen molar-refractivity contribution >= 4 is 27.3 Å². The Balaban J connectivity index is 2.38. The van der Waals surface area contributed by atoms with Crippen molar-refractivity contribution in [2.75, 3.05) is 0 Å². The summed E-state index contributed by atoms with van der Waals surface area (Å²) in [5.41, 5.74) is 2.07. The number of nitrogens with zero attached hydrogens (tertiary/aromatic N) is 1. The average molecular weight is 371 g/mol. The van der Waals surface area contributed by atoms with Gasteiger partial charge in [-0.05, 0) is 40.0 Å². The zero-order chi connectivity index (χ0) is 15.6. The molecule has 0 saturated heterocycles. The van der Waals surface area contributed by atoms with Crippen LogP contribution in [0.4, 0.5) is 4.39 Å². The predicted molar refractivity (Wildman–Crippen MR) is 91.3 cm³/mol. The maximum atomic E-state index is 13.2. The molecular weight excluding hydrogens is 351 g/mol. The molecule has 0 aliphatic carbocycles. The van der Waals surface area contributed by atoms with Gasteiger partial charge in [-0.2, -0.15) is 0 Å². The molecule has 1 aromatic carbocycles. The molecule has 0 radical (unpaired) electrons. The zero-order valence-corrected chi connectivity index (χ0v) is 15.1. The number of rotatable bonds is 5. The summed E-state index contributed by atoms with van der Waals surface area (Å²) in [5.74, 6) is 0.131. The molecule has 0 aliphatic heterocycles. The number of aromatic nitrogens is 1. The molecule has 1 aromatic heterocycles. The smallest absolute Gasteiger partial charge is 0.125 e. The van der Waals surface area contributed by atoms with E-state index in [-0.39, 0.29) is 5.82 Å². The summed E-state index contributed by atoms with van der Waals surface area (Å²) in [4.78, 5) is 6.03. The number of thiazole rings is 1. The van der Waals surface area contributed by atoms with Crippen LogP contribution >= 0.6 is 27.3 Å². The molecule has 5 heteroatoms. The lowest BCUT2D eigenvalue weighted by atomic mass is 10.1. The molecule has 1 heterocycles. The minimum Gasteiger partial charge on any atom is -0.310 e. The van der Waals surface area contributed by atoms with Crippen molar-refractivity contribution in [1.82, 2.24) is 10.3 Å². The molecule has 0 fully saturated rings. The van der Waals surface area contributed by atoms with E-state index in [4.69, 9.17) is 4.98 Å². The van der Waals surface area contributed by atoms with Gasteiger partial charge < -0.3 is 5.32 Å². The summed E-state index contributed by atoms with van der Waals surface area (Å²) in [6.45, 7) is 9.39. The molecule has 0 unspecified atom stereocenters. The minimum atomic E-state index is -0.243. The Morgan fingerprint density at radius 2 is 2.00 bits per heavy atom. The van der Waals surface area contributed by atoms with Crippen LogP contribution < -0.4 is 5.32 Å². The quantitative estimate of drug-likeness (QED) is 0.768. The first-order chi connectivity index (χ1) is 9.88. The number of halogens is 2. The summed E-state index contributed by atoms with van der Waals surface area (Å²) >= 11 is 5.10. The summed E-state index contributed by atoms with van der Waals surface area (Å²) < 4.78 is 14.0. The zero-order valence-electron chi connectivity index (χ0n) is 12.7. The molecule has 0 spiro atoms. The van der Waals surface area contributed by atoms with Crippen LogP contribution in [0.3, 0.4) is 0 Å². The summed E-state index contributed by atoms with van der Waals surface area (Å²) in [7, 11) is 0. The number of nitrogens with one attached hydrogen (secondary N) is 1. The molecule has 1 N–H and O–H groups in total. The van der Waals surface area contributed by atoms with Crippen LogP contribution in [-0.4, -0.2) is 11.0 Å². The molecule has 0 aliphatic rings. The average Bonchev–Trinajstić information content (AvgIpc) is 2.80. The van der Waals surface area contributed by atoms with Crippen LogP contribution in [0, 0.1) is 5.82 Å². The fourth-order valence-electron chi connectivity index (χ4n) is 2.02. The van der Waals surface area contributed by atoms with Gasteiger partial charge in [0.05, 0.1) is 5.69 Å². The maximum absolute atomic E-state index is 13.2. The lowest BCUT2D eigenvalue weighted by Crippen LogP contribution is -2.22. The Morgan fingerprint density at radius 3 is 2.57 bits per heavy atom. The highest BCUT2D eigenvalue weighted by Gasteiger charge is 2.17. The van der Waals surface area contributed by atoms with Crippen molar-refractivity contribution in [1.29, 1.82) is 0 Å². The van der Waals surface area contributed by atoms with Crippen molar-refractivity contribution in [2.24, 2.45) is 0 Å². The van der Waals surface area contributed by atoms with Gasteiger partial charge in [-0.3, -0.25) is 0 Å². The molecular formula is C16H20BrFN2S. The van der Waals surface area contributed by atoms with Crippen molar-refractivity contribution in [3.63, 3.8) is 0 Å². The second kappa shape index (κ2) is 6.99. The third-order valence-corrected chi connectivity index (χ3v) is 4.87. The van der Waals surface area contributed by atoms with Gasteiger partial charge in [0.2, 0.25) is 0 Å². The standard InChI is InChI=1S/C16H20BrFN2S/c1-9(2)15-14(8-19-10(3)4)21-16(20-15)12-6-5-11(18)7-13(12)17/h5-7,9-10,19H,8H2,1-4H3. The van der Waals surface area contributed by atoms with E-state index in [2.05, 4.69) is 48.9 Å². The molecule has 114 valence electrons. The monoisotopic (exact) mass is 370 g/mol. The normalized spacial score (nSPS) is 11.6. The highest BCUT2D eigenvalue weighted by Crippen LogP contribution is 2.35. The topological polar surface area (TPSA) is 24.9 Å². The molecule has 0 bridgehead atoms. The highest BCUT2D eigenvalue weighted by molar-refractivity contribution is 9.10. The molecule has 0 atom stereocenters. The maximum Gasteiger partial charge on any atom is 0.125 e. The Labute approximate surface area is 137 Å². The molecule has 2 aromatic rings. The molecule has 21 heavy (non-hydrogen) atoms.